The van der Waals surface area contributed by atoms with Crippen molar-refractivity contribution in [1.29, 1.82) is 0 Å². The molecule has 0 atom stereocenters. The fraction of sp³-hybridized carbons (Fsp3) is 0.471. The minimum Gasteiger partial charge on any atom is -0.473 e. The van der Waals surface area contributed by atoms with Gasteiger partial charge in [-0.2, -0.15) is 5.10 Å². The molecule has 22 heavy (non-hydrogen) atoms. The predicted molar refractivity (Wildman–Crippen MR) is 80.8 cm³/mol. The Balaban J connectivity index is 1.68. The average Bonchev–Trinajstić information content (AvgIpc) is 3.17. The van der Waals surface area contributed by atoms with Gasteiger partial charge in [0.1, 0.15) is 12.4 Å². The van der Waals surface area contributed by atoms with Gasteiger partial charge in [0.05, 0.1) is 12.3 Å². The van der Waals surface area contributed by atoms with Gasteiger partial charge in [-0.25, -0.2) is 9.07 Å². The number of aliphatic hydroxyl groups is 1. The lowest BCUT2D eigenvalue weighted by atomic mass is 10.1. The third kappa shape index (κ3) is 3.65. The second-order valence-electron chi connectivity index (χ2n) is 5.88. The van der Waals surface area contributed by atoms with E-state index >= 15 is 0 Å². The van der Waals surface area contributed by atoms with Crippen LogP contribution in [0.3, 0.4) is 0 Å². The Kier molecular flexibility index (Phi) is 4.73. The number of rotatable bonds is 6. The van der Waals surface area contributed by atoms with Gasteiger partial charge >= 0.3 is 0 Å². The molecule has 0 aliphatic heterocycles. The Morgan fingerprint density at radius 3 is 2.64 bits per heavy atom. The van der Waals surface area contributed by atoms with Crippen LogP contribution in [0.25, 0.3) is 0 Å². The standard InChI is InChI=1S/C17H21FN2O2/c18-15-7-5-14(6-8-15)12-22-17-9-16(11-21)19-20(17)10-13-3-1-2-4-13/h5-9,13,21H,1-4,10-12H2. The molecule has 1 aromatic carbocycles. The normalized spacial score (nSPS) is 15.4. The molecule has 1 fully saturated rings. The van der Waals surface area contributed by atoms with Gasteiger partial charge in [0.15, 0.2) is 0 Å². The average molecular weight is 304 g/mol. The van der Waals surface area contributed by atoms with Crippen LogP contribution in [-0.2, 0) is 19.8 Å². The van der Waals surface area contributed by atoms with Crippen molar-refractivity contribution in [3.8, 4) is 5.88 Å². The van der Waals surface area contributed by atoms with E-state index in [1.807, 2.05) is 4.68 Å². The first-order chi connectivity index (χ1) is 10.7. The number of aromatic nitrogens is 2. The number of benzene rings is 1. The summed E-state index contributed by atoms with van der Waals surface area (Å²) in [6, 6.07) is 8.04. The lowest BCUT2D eigenvalue weighted by Gasteiger charge is -2.13. The van der Waals surface area contributed by atoms with Crippen LogP contribution in [-0.4, -0.2) is 14.9 Å². The number of halogens is 1. The van der Waals surface area contributed by atoms with Gasteiger partial charge in [0.25, 0.3) is 0 Å². The highest BCUT2D eigenvalue weighted by molar-refractivity contribution is 5.19. The van der Waals surface area contributed by atoms with Crippen LogP contribution in [0.1, 0.15) is 36.9 Å². The van der Waals surface area contributed by atoms with Gasteiger partial charge in [-0.1, -0.05) is 25.0 Å². The molecule has 0 amide bonds. The smallest absolute Gasteiger partial charge is 0.212 e. The minimum atomic E-state index is -0.252. The Bertz CT molecular complexity index is 604. The molecule has 118 valence electrons. The van der Waals surface area contributed by atoms with Crippen LogP contribution in [0, 0.1) is 11.7 Å². The summed E-state index contributed by atoms with van der Waals surface area (Å²) in [6.45, 7) is 1.10. The molecule has 0 unspecified atom stereocenters. The van der Waals surface area contributed by atoms with Crippen molar-refractivity contribution in [2.75, 3.05) is 0 Å². The van der Waals surface area contributed by atoms with E-state index in [1.54, 1.807) is 18.2 Å². The topological polar surface area (TPSA) is 47.3 Å². The second kappa shape index (κ2) is 6.92. The van der Waals surface area contributed by atoms with Crippen molar-refractivity contribution in [2.45, 2.75) is 45.4 Å². The van der Waals surface area contributed by atoms with Crippen LogP contribution < -0.4 is 4.74 Å². The number of aliphatic hydroxyl groups excluding tert-OH is 1. The maximum absolute atomic E-state index is 12.9. The first kappa shape index (κ1) is 15.0. The van der Waals surface area contributed by atoms with Crippen molar-refractivity contribution in [3.05, 3.63) is 47.4 Å². The maximum atomic E-state index is 12.9. The summed E-state index contributed by atoms with van der Waals surface area (Å²) in [5, 5.41) is 13.7. The molecule has 0 bridgehead atoms. The van der Waals surface area contributed by atoms with Gasteiger partial charge < -0.3 is 9.84 Å². The quantitative estimate of drug-likeness (QED) is 0.891. The van der Waals surface area contributed by atoms with Crippen molar-refractivity contribution in [3.63, 3.8) is 0 Å². The summed E-state index contributed by atoms with van der Waals surface area (Å²) in [5.74, 6) is 1.05. The van der Waals surface area contributed by atoms with E-state index in [2.05, 4.69) is 5.10 Å². The van der Waals surface area contributed by atoms with Crippen molar-refractivity contribution < 1.29 is 14.2 Å². The number of hydrogen-bond donors (Lipinski definition) is 1. The van der Waals surface area contributed by atoms with Crippen LogP contribution in [0.5, 0.6) is 5.88 Å². The summed E-state index contributed by atoms with van der Waals surface area (Å²) < 4.78 is 20.6. The molecule has 0 saturated heterocycles. The van der Waals surface area contributed by atoms with Crippen LogP contribution in [0.15, 0.2) is 30.3 Å². The molecule has 0 radical (unpaired) electrons. The second-order valence-corrected chi connectivity index (χ2v) is 5.88. The van der Waals surface area contributed by atoms with Crippen molar-refractivity contribution in [2.24, 2.45) is 5.92 Å². The first-order valence-corrected chi connectivity index (χ1v) is 7.79. The van der Waals surface area contributed by atoms with Gasteiger partial charge in [-0.05, 0) is 36.5 Å². The Morgan fingerprint density at radius 2 is 1.95 bits per heavy atom. The molecule has 1 aliphatic carbocycles. The monoisotopic (exact) mass is 304 g/mol. The fourth-order valence-electron chi connectivity index (χ4n) is 2.95. The molecule has 1 aromatic heterocycles. The van der Waals surface area contributed by atoms with Gasteiger partial charge in [0, 0.05) is 12.6 Å². The van der Waals surface area contributed by atoms with Gasteiger partial charge in [-0.3, -0.25) is 0 Å². The highest BCUT2D eigenvalue weighted by atomic mass is 19.1. The van der Waals surface area contributed by atoms with E-state index in [-0.39, 0.29) is 12.4 Å². The van der Waals surface area contributed by atoms with Crippen molar-refractivity contribution in [1.82, 2.24) is 9.78 Å². The SMILES string of the molecule is OCc1cc(OCc2ccc(F)cc2)n(CC2CCCC2)n1. The molecule has 3 rings (SSSR count). The number of ether oxygens (including phenoxy) is 1. The zero-order valence-corrected chi connectivity index (χ0v) is 12.5. The summed E-state index contributed by atoms with van der Waals surface area (Å²) >= 11 is 0. The van der Waals surface area contributed by atoms with Crippen molar-refractivity contribution >= 4 is 0 Å². The van der Waals surface area contributed by atoms with Crippen LogP contribution >= 0.6 is 0 Å². The third-order valence-corrected chi connectivity index (χ3v) is 4.16. The predicted octanol–water partition coefficient (Wildman–Crippen LogP) is 3.28. The summed E-state index contributed by atoms with van der Waals surface area (Å²) in [4.78, 5) is 0. The molecule has 5 heteroatoms. The van der Waals surface area contributed by atoms with Crippen LogP contribution in [0.4, 0.5) is 4.39 Å². The highest BCUT2D eigenvalue weighted by Crippen LogP contribution is 2.28. The lowest BCUT2D eigenvalue weighted by Crippen LogP contribution is -2.11. The molecule has 1 heterocycles. The molecule has 2 aromatic rings. The Morgan fingerprint density at radius 1 is 1.23 bits per heavy atom. The Hall–Kier alpha value is -1.88. The molecule has 1 N–H and O–H groups in total. The fourth-order valence-corrected chi connectivity index (χ4v) is 2.95. The minimum absolute atomic E-state index is 0.0927. The lowest BCUT2D eigenvalue weighted by molar-refractivity contribution is 0.259. The van der Waals surface area contributed by atoms with Crippen LogP contribution in [0.2, 0.25) is 0 Å². The third-order valence-electron chi connectivity index (χ3n) is 4.16. The Labute approximate surface area is 129 Å². The number of nitrogens with zero attached hydrogens (tertiary/aromatic N) is 2. The summed E-state index contributed by atoms with van der Waals surface area (Å²) in [6.07, 6.45) is 5.02. The van der Waals surface area contributed by atoms with E-state index in [0.717, 1.165) is 12.1 Å². The summed E-state index contributed by atoms with van der Waals surface area (Å²) in [7, 11) is 0. The molecule has 1 aliphatic rings. The molecular formula is C17H21FN2O2. The van der Waals surface area contributed by atoms with E-state index < -0.39 is 0 Å². The maximum Gasteiger partial charge on any atom is 0.212 e. The van der Waals surface area contributed by atoms with Gasteiger partial charge in [-0.15, -0.1) is 0 Å². The summed E-state index contributed by atoms with van der Waals surface area (Å²) in [5.41, 5.74) is 1.52. The van der Waals surface area contributed by atoms with Gasteiger partial charge in [0.2, 0.25) is 5.88 Å². The highest BCUT2D eigenvalue weighted by Gasteiger charge is 2.18. The van der Waals surface area contributed by atoms with E-state index in [1.165, 1.54) is 37.8 Å². The zero-order chi connectivity index (χ0) is 15.4. The molecular weight excluding hydrogens is 283 g/mol. The molecule has 0 spiro atoms. The zero-order valence-electron chi connectivity index (χ0n) is 12.5. The molecule has 4 nitrogen and oxygen atoms in total. The van der Waals surface area contributed by atoms with E-state index in [4.69, 9.17) is 4.74 Å². The van der Waals surface area contributed by atoms with E-state index in [9.17, 15) is 9.50 Å². The molecule has 1 saturated carbocycles. The van der Waals surface area contributed by atoms with E-state index in [0.29, 0.717) is 24.1 Å². The first-order valence-electron chi connectivity index (χ1n) is 7.79. The number of hydrogen-bond acceptors (Lipinski definition) is 3. The largest absolute Gasteiger partial charge is 0.473 e.